The summed E-state index contributed by atoms with van der Waals surface area (Å²) in [6.45, 7) is 0. The molecule has 0 aliphatic carbocycles. The fourth-order valence-electron chi connectivity index (χ4n) is 1.53. The minimum absolute atomic E-state index is 0.154. The molecule has 0 unspecified atom stereocenters. The van der Waals surface area contributed by atoms with Gasteiger partial charge in [0.15, 0.2) is 0 Å². The number of nitrogens with one attached hydrogen (secondary N) is 1. The number of nitrogens with zero attached hydrogens (tertiary/aromatic N) is 1. The fraction of sp³-hybridized carbons (Fsp3) is 0. The van der Waals surface area contributed by atoms with Gasteiger partial charge in [-0.2, -0.15) is 5.26 Å². The minimum atomic E-state index is -0.857. The van der Waals surface area contributed by atoms with E-state index in [1.807, 2.05) is 6.07 Å². The Morgan fingerprint density at radius 3 is 2.37 bits per heavy atom. The molecule has 2 aromatic rings. The van der Waals surface area contributed by atoms with Crippen LogP contribution in [0.1, 0.15) is 15.9 Å². The molecule has 0 heterocycles. The number of hydrogen-bond acceptors (Lipinski definition) is 2. The maximum absolute atomic E-state index is 13.4. The lowest BCUT2D eigenvalue weighted by atomic mass is 10.1. The van der Waals surface area contributed by atoms with Gasteiger partial charge in [0.1, 0.15) is 17.3 Å². The summed E-state index contributed by atoms with van der Waals surface area (Å²) in [6, 6.07) is 11.0. The van der Waals surface area contributed by atoms with Crippen molar-refractivity contribution in [3.8, 4) is 6.07 Å². The SMILES string of the molecule is N#Cc1cccc(C(=O)Nc2c(F)cccc2F)c1. The zero-order valence-electron chi connectivity index (χ0n) is 9.65. The summed E-state index contributed by atoms with van der Waals surface area (Å²) in [4.78, 5) is 11.8. The molecule has 0 saturated heterocycles. The molecule has 0 aromatic heterocycles. The minimum Gasteiger partial charge on any atom is -0.317 e. The molecule has 0 aliphatic heterocycles. The van der Waals surface area contributed by atoms with Crippen molar-refractivity contribution in [1.29, 1.82) is 5.26 Å². The van der Waals surface area contributed by atoms with E-state index in [-0.39, 0.29) is 5.56 Å². The van der Waals surface area contributed by atoms with Crippen LogP contribution in [-0.4, -0.2) is 5.91 Å². The Labute approximate surface area is 108 Å². The van der Waals surface area contributed by atoms with Gasteiger partial charge in [0, 0.05) is 5.56 Å². The highest BCUT2D eigenvalue weighted by Crippen LogP contribution is 2.19. The summed E-state index contributed by atoms with van der Waals surface area (Å²) >= 11 is 0. The summed E-state index contributed by atoms with van der Waals surface area (Å²) in [5.41, 5.74) is -0.0572. The van der Waals surface area contributed by atoms with Crippen molar-refractivity contribution in [2.45, 2.75) is 0 Å². The second-order valence-corrected chi connectivity index (χ2v) is 3.74. The predicted octanol–water partition coefficient (Wildman–Crippen LogP) is 3.09. The van der Waals surface area contributed by atoms with Crippen LogP contribution < -0.4 is 5.32 Å². The van der Waals surface area contributed by atoms with E-state index in [2.05, 4.69) is 5.32 Å². The van der Waals surface area contributed by atoms with Gasteiger partial charge < -0.3 is 5.32 Å². The van der Waals surface area contributed by atoms with Gasteiger partial charge in [0.2, 0.25) is 0 Å². The van der Waals surface area contributed by atoms with Gasteiger partial charge >= 0.3 is 0 Å². The van der Waals surface area contributed by atoms with E-state index in [1.165, 1.54) is 30.3 Å². The molecule has 5 heteroatoms. The first kappa shape index (κ1) is 12.7. The number of rotatable bonds is 2. The molecule has 94 valence electrons. The lowest BCUT2D eigenvalue weighted by Gasteiger charge is -2.07. The topological polar surface area (TPSA) is 52.9 Å². The van der Waals surface area contributed by atoms with E-state index in [9.17, 15) is 13.6 Å². The Morgan fingerprint density at radius 1 is 1.11 bits per heavy atom. The summed E-state index contributed by atoms with van der Waals surface area (Å²) < 4.78 is 26.7. The zero-order chi connectivity index (χ0) is 13.8. The molecule has 3 nitrogen and oxygen atoms in total. The van der Waals surface area contributed by atoms with Crippen molar-refractivity contribution in [2.75, 3.05) is 5.32 Å². The molecular weight excluding hydrogens is 250 g/mol. The van der Waals surface area contributed by atoms with Crippen molar-refractivity contribution in [3.63, 3.8) is 0 Å². The Morgan fingerprint density at radius 2 is 1.74 bits per heavy atom. The number of halogens is 2. The second kappa shape index (κ2) is 5.27. The van der Waals surface area contributed by atoms with E-state index in [1.54, 1.807) is 0 Å². The first-order valence-electron chi connectivity index (χ1n) is 5.37. The molecular formula is C14H8F2N2O. The molecule has 2 rings (SSSR count). The third-order valence-corrected chi connectivity index (χ3v) is 2.46. The van der Waals surface area contributed by atoms with Crippen LogP contribution in [0.25, 0.3) is 0 Å². The van der Waals surface area contributed by atoms with Crippen LogP contribution in [0.5, 0.6) is 0 Å². The van der Waals surface area contributed by atoms with Gasteiger partial charge in [-0.1, -0.05) is 12.1 Å². The van der Waals surface area contributed by atoms with E-state index < -0.39 is 23.2 Å². The van der Waals surface area contributed by atoms with E-state index in [0.717, 1.165) is 12.1 Å². The molecule has 0 fully saturated rings. The van der Waals surface area contributed by atoms with E-state index >= 15 is 0 Å². The number of para-hydroxylation sites is 1. The number of carbonyl (C=O) groups excluding carboxylic acids is 1. The van der Waals surface area contributed by atoms with Gasteiger partial charge in [-0.3, -0.25) is 4.79 Å². The van der Waals surface area contributed by atoms with Gasteiger partial charge in [-0.05, 0) is 30.3 Å². The summed E-state index contributed by atoms with van der Waals surface area (Å²) in [7, 11) is 0. The van der Waals surface area contributed by atoms with Crippen LogP contribution in [0.3, 0.4) is 0 Å². The van der Waals surface area contributed by atoms with Gasteiger partial charge in [-0.25, -0.2) is 8.78 Å². The van der Waals surface area contributed by atoms with Crippen molar-refractivity contribution < 1.29 is 13.6 Å². The molecule has 0 spiro atoms. The van der Waals surface area contributed by atoms with Crippen LogP contribution in [-0.2, 0) is 0 Å². The average Bonchev–Trinajstić information content (AvgIpc) is 2.43. The molecule has 2 aromatic carbocycles. The van der Waals surface area contributed by atoms with Gasteiger partial charge in [-0.15, -0.1) is 0 Å². The fourth-order valence-corrected chi connectivity index (χ4v) is 1.53. The highest BCUT2D eigenvalue weighted by molar-refractivity contribution is 6.04. The van der Waals surface area contributed by atoms with Crippen LogP contribution in [0.4, 0.5) is 14.5 Å². The first-order chi connectivity index (χ1) is 9.11. The molecule has 0 atom stereocenters. The van der Waals surface area contributed by atoms with Crippen LogP contribution in [0.2, 0.25) is 0 Å². The molecule has 0 radical (unpaired) electrons. The molecule has 0 saturated carbocycles. The van der Waals surface area contributed by atoms with Crippen LogP contribution >= 0.6 is 0 Å². The van der Waals surface area contributed by atoms with Crippen molar-refractivity contribution in [2.24, 2.45) is 0 Å². The van der Waals surface area contributed by atoms with Crippen LogP contribution in [0.15, 0.2) is 42.5 Å². The Hall–Kier alpha value is -2.74. The maximum atomic E-state index is 13.4. The monoisotopic (exact) mass is 258 g/mol. The standard InChI is InChI=1S/C14H8F2N2O/c15-11-5-2-6-12(16)13(11)18-14(19)10-4-1-3-9(7-10)8-17/h1-7H,(H,18,19). The number of amides is 1. The smallest absolute Gasteiger partial charge is 0.255 e. The number of hydrogen-bond donors (Lipinski definition) is 1. The Kier molecular flexibility index (Phi) is 3.53. The molecule has 1 amide bonds. The normalized spacial score (nSPS) is 9.74. The van der Waals surface area contributed by atoms with E-state index in [4.69, 9.17) is 5.26 Å². The molecule has 0 aliphatic rings. The number of nitriles is 1. The summed E-state index contributed by atoms with van der Waals surface area (Å²) in [6.07, 6.45) is 0. The first-order valence-corrected chi connectivity index (χ1v) is 5.37. The number of carbonyl (C=O) groups is 1. The molecule has 1 N–H and O–H groups in total. The molecule has 19 heavy (non-hydrogen) atoms. The maximum Gasteiger partial charge on any atom is 0.255 e. The van der Waals surface area contributed by atoms with Crippen molar-refractivity contribution >= 4 is 11.6 Å². The number of benzene rings is 2. The summed E-state index contributed by atoms with van der Waals surface area (Å²) in [5.74, 6) is -2.39. The van der Waals surface area contributed by atoms with Gasteiger partial charge in [0.25, 0.3) is 5.91 Å². The lowest BCUT2D eigenvalue weighted by Crippen LogP contribution is -2.14. The Balaban J connectivity index is 2.29. The third-order valence-electron chi connectivity index (χ3n) is 2.46. The highest BCUT2D eigenvalue weighted by Gasteiger charge is 2.13. The van der Waals surface area contributed by atoms with Crippen LogP contribution in [0, 0.1) is 23.0 Å². The third kappa shape index (κ3) is 2.75. The Bertz CT molecular complexity index is 657. The summed E-state index contributed by atoms with van der Waals surface area (Å²) in [5, 5.41) is 10.9. The van der Waals surface area contributed by atoms with E-state index in [0.29, 0.717) is 5.56 Å². The second-order valence-electron chi connectivity index (χ2n) is 3.74. The number of anilines is 1. The quantitative estimate of drug-likeness (QED) is 0.899. The predicted molar refractivity (Wildman–Crippen MR) is 65.5 cm³/mol. The van der Waals surface area contributed by atoms with Crippen molar-refractivity contribution in [1.82, 2.24) is 0 Å². The van der Waals surface area contributed by atoms with Gasteiger partial charge in [0.05, 0.1) is 11.6 Å². The largest absolute Gasteiger partial charge is 0.317 e. The van der Waals surface area contributed by atoms with Crippen molar-refractivity contribution in [3.05, 3.63) is 65.2 Å². The lowest BCUT2D eigenvalue weighted by molar-refractivity contribution is 0.102. The molecule has 0 bridgehead atoms. The average molecular weight is 258 g/mol. The highest BCUT2D eigenvalue weighted by atomic mass is 19.1. The zero-order valence-corrected chi connectivity index (χ0v) is 9.65.